The van der Waals surface area contributed by atoms with Crippen LogP contribution in [-0.4, -0.2) is 28.2 Å². The maximum atomic E-state index is 12.0. The molecule has 1 aliphatic rings. The molecular formula is C13H12ClN3O2S. The number of amides is 1. The number of nitrogens with zero attached hydrogens (tertiary/aromatic N) is 2. The molecule has 0 saturated carbocycles. The second-order valence-electron chi connectivity index (χ2n) is 4.47. The Kier molecular flexibility index (Phi) is 3.95. The standard InChI is InChI=1S/C13H12ClN3O2S/c14-12-11(16-17-20-12)8-3-1-4-9(7-8)15-13(18)10-5-2-6-19-10/h1,3-4,7,10H,2,5-6H2,(H,15,18)/t10-/m1/s1. The molecule has 1 aromatic heterocycles. The molecule has 1 amide bonds. The molecule has 3 rings (SSSR count). The van der Waals surface area contributed by atoms with E-state index >= 15 is 0 Å². The van der Waals surface area contributed by atoms with Crippen molar-refractivity contribution in [3.63, 3.8) is 0 Å². The molecule has 1 saturated heterocycles. The summed E-state index contributed by atoms with van der Waals surface area (Å²) in [6, 6.07) is 7.37. The highest BCUT2D eigenvalue weighted by molar-refractivity contribution is 7.10. The van der Waals surface area contributed by atoms with Gasteiger partial charge >= 0.3 is 0 Å². The van der Waals surface area contributed by atoms with Gasteiger partial charge in [-0.2, -0.15) is 0 Å². The Labute approximate surface area is 125 Å². The predicted octanol–water partition coefficient (Wildman–Crippen LogP) is 2.98. The lowest BCUT2D eigenvalue weighted by molar-refractivity contribution is -0.124. The number of anilines is 1. The highest BCUT2D eigenvalue weighted by Gasteiger charge is 2.23. The number of benzene rings is 1. The summed E-state index contributed by atoms with van der Waals surface area (Å²) in [5.41, 5.74) is 2.16. The minimum atomic E-state index is -0.344. The van der Waals surface area contributed by atoms with Crippen LogP contribution in [0.25, 0.3) is 11.3 Å². The fourth-order valence-corrected chi connectivity index (χ4v) is 2.78. The van der Waals surface area contributed by atoms with Crippen LogP contribution < -0.4 is 5.32 Å². The Morgan fingerprint density at radius 2 is 2.40 bits per heavy atom. The predicted molar refractivity (Wildman–Crippen MR) is 78.0 cm³/mol. The van der Waals surface area contributed by atoms with E-state index in [1.54, 1.807) is 0 Å². The SMILES string of the molecule is O=C(Nc1cccc(-c2nnsc2Cl)c1)[C@H]1CCCO1. The van der Waals surface area contributed by atoms with Crippen molar-refractivity contribution in [1.82, 2.24) is 9.59 Å². The highest BCUT2D eigenvalue weighted by atomic mass is 35.5. The number of carbonyl (C=O) groups is 1. The van der Waals surface area contributed by atoms with Crippen molar-refractivity contribution in [3.8, 4) is 11.3 Å². The molecule has 7 heteroatoms. The van der Waals surface area contributed by atoms with Crippen LogP contribution in [-0.2, 0) is 9.53 Å². The van der Waals surface area contributed by atoms with Crippen LogP contribution >= 0.6 is 23.1 Å². The quantitative estimate of drug-likeness (QED) is 0.946. The van der Waals surface area contributed by atoms with Crippen LogP contribution in [0.4, 0.5) is 5.69 Å². The van der Waals surface area contributed by atoms with Crippen molar-refractivity contribution >= 4 is 34.7 Å². The van der Waals surface area contributed by atoms with E-state index < -0.39 is 0 Å². The summed E-state index contributed by atoms with van der Waals surface area (Å²) < 4.78 is 9.69. The molecule has 2 aromatic rings. The zero-order valence-electron chi connectivity index (χ0n) is 10.5. The number of ether oxygens (including phenoxy) is 1. The average Bonchev–Trinajstić information content (AvgIpc) is 3.10. The minimum Gasteiger partial charge on any atom is -0.368 e. The summed E-state index contributed by atoms with van der Waals surface area (Å²) in [6.07, 6.45) is 1.36. The second-order valence-corrected chi connectivity index (χ2v) is 5.82. The Hall–Kier alpha value is -1.50. The summed E-state index contributed by atoms with van der Waals surface area (Å²) in [5, 5.41) is 6.84. The van der Waals surface area contributed by atoms with Crippen molar-refractivity contribution in [1.29, 1.82) is 0 Å². The largest absolute Gasteiger partial charge is 0.368 e. The Morgan fingerprint density at radius 1 is 1.50 bits per heavy atom. The molecule has 2 heterocycles. The van der Waals surface area contributed by atoms with Crippen LogP contribution in [0.5, 0.6) is 0 Å². The zero-order chi connectivity index (χ0) is 13.9. The van der Waals surface area contributed by atoms with Crippen molar-refractivity contribution in [3.05, 3.63) is 28.6 Å². The molecule has 1 aliphatic heterocycles. The molecular weight excluding hydrogens is 298 g/mol. The van der Waals surface area contributed by atoms with Gasteiger partial charge in [0.1, 0.15) is 16.1 Å². The van der Waals surface area contributed by atoms with Gasteiger partial charge in [-0.05, 0) is 25.0 Å². The summed E-state index contributed by atoms with van der Waals surface area (Å²) >= 11 is 7.16. The van der Waals surface area contributed by atoms with Crippen molar-refractivity contribution in [2.45, 2.75) is 18.9 Å². The molecule has 5 nitrogen and oxygen atoms in total. The molecule has 1 N–H and O–H groups in total. The number of nitrogens with one attached hydrogen (secondary N) is 1. The number of rotatable bonds is 3. The number of hydrogen-bond donors (Lipinski definition) is 1. The Morgan fingerprint density at radius 3 is 3.10 bits per heavy atom. The molecule has 0 bridgehead atoms. The molecule has 1 atom stereocenters. The zero-order valence-corrected chi connectivity index (χ0v) is 12.1. The first-order chi connectivity index (χ1) is 9.74. The van der Waals surface area contributed by atoms with E-state index in [4.69, 9.17) is 16.3 Å². The van der Waals surface area contributed by atoms with E-state index in [-0.39, 0.29) is 12.0 Å². The summed E-state index contributed by atoms with van der Waals surface area (Å²) in [6.45, 7) is 0.651. The van der Waals surface area contributed by atoms with Gasteiger partial charge in [0.25, 0.3) is 5.91 Å². The highest BCUT2D eigenvalue weighted by Crippen LogP contribution is 2.29. The number of halogens is 1. The minimum absolute atomic E-state index is 0.109. The summed E-state index contributed by atoms with van der Waals surface area (Å²) in [4.78, 5) is 12.0. The van der Waals surface area contributed by atoms with Gasteiger partial charge in [0.15, 0.2) is 0 Å². The first-order valence-corrected chi connectivity index (χ1v) is 7.40. The van der Waals surface area contributed by atoms with Gasteiger partial charge in [-0.15, -0.1) is 5.10 Å². The van der Waals surface area contributed by atoms with Gasteiger partial charge in [0.05, 0.1) is 0 Å². The lowest BCUT2D eigenvalue weighted by atomic mass is 10.1. The molecule has 0 spiro atoms. The fourth-order valence-electron chi connectivity index (χ4n) is 2.10. The molecule has 0 unspecified atom stereocenters. The Bertz CT molecular complexity index is 626. The average molecular weight is 310 g/mol. The van der Waals surface area contributed by atoms with Gasteiger partial charge in [-0.3, -0.25) is 4.79 Å². The van der Waals surface area contributed by atoms with E-state index in [0.717, 1.165) is 29.9 Å². The van der Waals surface area contributed by atoms with Gasteiger partial charge in [-0.25, -0.2) is 0 Å². The van der Waals surface area contributed by atoms with E-state index in [1.165, 1.54) is 0 Å². The van der Waals surface area contributed by atoms with E-state index in [2.05, 4.69) is 14.9 Å². The van der Waals surface area contributed by atoms with Gasteiger partial charge in [-0.1, -0.05) is 28.2 Å². The van der Waals surface area contributed by atoms with Crippen molar-refractivity contribution in [2.75, 3.05) is 11.9 Å². The number of aromatic nitrogens is 2. The molecule has 20 heavy (non-hydrogen) atoms. The maximum absolute atomic E-state index is 12.0. The first-order valence-electron chi connectivity index (χ1n) is 6.25. The fraction of sp³-hybridized carbons (Fsp3) is 0.308. The lowest BCUT2D eigenvalue weighted by Gasteiger charge is -2.11. The summed E-state index contributed by atoms with van der Waals surface area (Å²) in [7, 11) is 0. The first kappa shape index (κ1) is 13.5. The third-order valence-corrected chi connectivity index (χ3v) is 3.98. The second kappa shape index (κ2) is 5.87. The molecule has 0 aliphatic carbocycles. The maximum Gasteiger partial charge on any atom is 0.253 e. The molecule has 104 valence electrons. The smallest absolute Gasteiger partial charge is 0.253 e. The van der Waals surface area contributed by atoms with Crippen LogP contribution in [0, 0.1) is 0 Å². The molecule has 1 fully saturated rings. The van der Waals surface area contributed by atoms with Crippen molar-refractivity contribution in [2.24, 2.45) is 0 Å². The lowest BCUT2D eigenvalue weighted by Crippen LogP contribution is -2.26. The normalized spacial score (nSPS) is 18.1. The summed E-state index contributed by atoms with van der Waals surface area (Å²) in [5.74, 6) is -0.109. The van der Waals surface area contributed by atoms with Crippen LogP contribution in [0.3, 0.4) is 0 Å². The van der Waals surface area contributed by atoms with Gasteiger partial charge in [0, 0.05) is 29.4 Å². The topological polar surface area (TPSA) is 64.1 Å². The van der Waals surface area contributed by atoms with E-state index in [0.29, 0.717) is 22.3 Å². The van der Waals surface area contributed by atoms with Crippen LogP contribution in [0.2, 0.25) is 4.34 Å². The monoisotopic (exact) mass is 309 g/mol. The Balaban J connectivity index is 1.78. The molecule has 0 radical (unpaired) electrons. The van der Waals surface area contributed by atoms with E-state index in [1.807, 2.05) is 24.3 Å². The van der Waals surface area contributed by atoms with Gasteiger partial charge < -0.3 is 10.1 Å². The van der Waals surface area contributed by atoms with Crippen LogP contribution in [0.15, 0.2) is 24.3 Å². The number of hydrogen-bond acceptors (Lipinski definition) is 5. The van der Waals surface area contributed by atoms with Crippen LogP contribution in [0.1, 0.15) is 12.8 Å². The number of carbonyl (C=O) groups excluding carboxylic acids is 1. The van der Waals surface area contributed by atoms with E-state index in [9.17, 15) is 4.79 Å². The third kappa shape index (κ3) is 2.82. The molecule has 1 aromatic carbocycles. The van der Waals surface area contributed by atoms with Gasteiger partial charge in [0.2, 0.25) is 0 Å². The third-order valence-electron chi connectivity index (χ3n) is 3.07. The van der Waals surface area contributed by atoms with Crippen molar-refractivity contribution < 1.29 is 9.53 Å².